The van der Waals surface area contributed by atoms with E-state index >= 15 is 0 Å². The quantitative estimate of drug-likeness (QED) is 0.288. The van der Waals surface area contributed by atoms with Crippen LogP contribution in [0.2, 0.25) is 0 Å². The van der Waals surface area contributed by atoms with Crippen molar-refractivity contribution in [3.63, 3.8) is 0 Å². The van der Waals surface area contributed by atoms with Crippen LogP contribution in [-0.4, -0.2) is 34.6 Å². The van der Waals surface area contributed by atoms with Crippen LogP contribution in [-0.2, 0) is 28.3 Å². The Labute approximate surface area is 225 Å². The summed E-state index contributed by atoms with van der Waals surface area (Å²) in [4.78, 5) is 29.3. The predicted octanol–water partition coefficient (Wildman–Crippen LogP) is 6.32. The summed E-state index contributed by atoms with van der Waals surface area (Å²) in [5, 5.41) is 3.28. The van der Waals surface area contributed by atoms with E-state index in [0.29, 0.717) is 19.4 Å². The summed E-state index contributed by atoms with van der Waals surface area (Å²) in [6.07, 6.45) is 5.26. The van der Waals surface area contributed by atoms with Gasteiger partial charge in [0.25, 0.3) is 0 Å². The molecule has 1 saturated carbocycles. The molecule has 1 N–H and O–H groups in total. The van der Waals surface area contributed by atoms with Gasteiger partial charge >= 0.3 is 0 Å². The summed E-state index contributed by atoms with van der Waals surface area (Å²) in [7, 11) is 0. The SMILES string of the molecule is Cc1ccc(CN(C(=O)CCSCc2ccccc2)[C@@H](Cc2ccccc2)C(=O)NC2CCCC2)cc1. The summed E-state index contributed by atoms with van der Waals surface area (Å²) in [5.41, 5.74) is 4.55. The van der Waals surface area contributed by atoms with Gasteiger partial charge in [-0.15, -0.1) is 0 Å². The van der Waals surface area contributed by atoms with Gasteiger partial charge in [-0.25, -0.2) is 0 Å². The first-order chi connectivity index (χ1) is 18.1. The van der Waals surface area contributed by atoms with Crippen LogP contribution in [0.25, 0.3) is 0 Å². The highest BCUT2D eigenvalue weighted by atomic mass is 32.2. The minimum Gasteiger partial charge on any atom is -0.352 e. The Morgan fingerprint density at radius 3 is 2.14 bits per heavy atom. The van der Waals surface area contributed by atoms with E-state index in [0.717, 1.165) is 48.3 Å². The number of hydrogen-bond acceptors (Lipinski definition) is 3. The third-order valence-corrected chi connectivity index (χ3v) is 8.05. The van der Waals surface area contributed by atoms with E-state index < -0.39 is 6.04 Å². The maximum absolute atomic E-state index is 13.7. The molecule has 0 spiro atoms. The first-order valence-corrected chi connectivity index (χ1v) is 14.5. The minimum absolute atomic E-state index is 0.0311. The van der Waals surface area contributed by atoms with Crippen molar-refractivity contribution in [2.45, 2.75) is 69.8 Å². The van der Waals surface area contributed by atoms with Gasteiger partial charge in [-0.2, -0.15) is 11.8 Å². The zero-order chi connectivity index (χ0) is 25.9. The van der Waals surface area contributed by atoms with Crippen LogP contribution < -0.4 is 5.32 Å². The van der Waals surface area contributed by atoms with Crippen LogP contribution in [0.15, 0.2) is 84.9 Å². The van der Waals surface area contributed by atoms with Gasteiger partial charge in [-0.1, -0.05) is 103 Å². The molecular formula is C32H38N2O2S. The molecule has 1 aliphatic carbocycles. The van der Waals surface area contributed by atoms with Crippen LogP contribution in [0.1, 0.15) is 54.4 Å². The third-order valence-electron chi connectivity index (χ3n) is 7.02. The molecule has 4 rings (SSSR count). The monoisotopic (exact) mass is 514 g/mol. The highest BCUT2D eigenvalue weighted by Crippen LogP contribution is 2.21. The van der Waals surface area contributed by atoms with E-state index in [1.165, 1.54) is 11.1 Å². The Hall–Kier alpha value is -3.05. The minimum atomic E-state index is -0.545. The number of nitrogens with zero attached hydrogens (tertiary/aromatic N) is 1. The van der Waals surface area contributed by atoms with Gasteiger partial charge in [0.15, 0.2) is 0 Å². The van der Waals surface area contributed by atoms with Crippen molar-refractivity contribution in [2.75, 3.05) is 5.75 Å². The molecule has 0 bridgehead atoms. The molecule has 0 saturated heterocycles. The normalized spacial score (nSPS) is 14.3. The second-order valence-electron chi connectivity index (χ2n) is 9.99. The van der Waals surface area contributed by atoms with Crippen LogP contribution in [0.5, 0.6) is 0 Å². The van der Waals surface area contributed by atoms with Crippen LogP contribution in [0.3, 0.4) is 0 Å². The van der Waals surface area contributed by atoms with Crippen molar-refractivity contribution in [2.24, 2.45) is 0 Å². The number of carbonyl (C=O) groups is 2. The second-order valence-corrected chi connectivity index (χ2v) is 11.1. The molecule has 0 heterocycles. The van der Waals surface area contributed by atoms with Gasteiger partial charge < -0.3 is 10.2 Å². The number of amides is 2. The van der Waals surface area contributed by atoms with E-state index in [1.807, 2.05) is 53.4 Å². The lowest BCUT2D eigenvalue weighted by Crippen LogP contribution is -2.52. The summed E-state index contributed by atoms with van der Waals surface area (Å²) >= 11 is 1.76. The number of benzene rings is 3. The first kappa shape index (κ1) is 27.0. The highest BCUT2D eigenvalue weighted by molar-refractivity contribution is 7.98. The molecule has 0 aromatic heterocycles. The molecule has 0 radical (unpaired) electrons. The fourth-order valence-corrected chi connectivity index (χ4v) is 5.77. The molecule has 0 aliphatic heterocycles. The predicted molar refractivity (Wildman–Crippen MR) is 153 cm³/mol. The molecule has 2 amide bonds. The Kier molecular flexibility index (Phi) is 10.2. The highest BCUT2D eigenvalue weighted by Gasteiger charge is 2.31. The molecule has 194 valence electrons. The molecule has 0 unspecified atom stereocenters. The average Bonchev–Trinajstić information content (AvgIpc) is 3.44. The molecule has 1 aliphatic rings. The maximum atomic E-state index is 13.7. The lowest BCUT2D eigenvalue weighted by molar-refractivity contribution is -0.141. The third kappa shape index (κ3) is 8.50. The zero-order valence-corrected chi connectivity index (χ0v) is 22.6. The zero-order valence-electron chi connectivity index (χ0n) is 21.8. The maximum Gasteiger partial charge on any atom is 0.243 e. The van der Waals surface area contributed by atoms with Crippen molar-refractivity contribution < 1.29 is 9.59 Å². The lowest BCUT2D eigenvalue weighted by Gasteiger charge is -2.32. The van der Waals surface area contributed by atoms with Crippen molar-refractivity contribution in [1.29, 1.82) is 0 Å². The molecule has 4 nitrogen and oxygen atoms in total. The van der Waals surface area contributed by atoms with E-state index in [9.17, 15) is 9.59 Å². The van der Waals surface area contributed by atoms with Crippen LogP contribution in [0.4, 0.5) is 0 Å². The summed E-state index contributed by atoms with van der Waals surface area (Å²) < 4.78 is 0. The number of thioether (sulfide) groups is 1. The van der Waals surface area contributed by atoms with Crippen molar-refractivity contribution in [3.05, 3.63) is 107 Å². The van der Waals surface area contributed by atoms with E-state index in [-0.39, 0.29) is 17.9 Å². The standard InChI is InChI=1S/C32H38N2O2S/c1-25-16-18-27(19-17-25)23-34(31(35)20-21-37-24-28-12-6-3-7-13-28)30(22-26-10-4-2-5-11-26)32(36)33-29-14-8-9-15-29/h2-7,10-13,16-19,29-30H,8-9,14-15,20-24H2,1H3,(H,33,36)/t30-/m0/s1. The van der Waals surface area contributed by atoms with E-state index in [4.69, 9.17) is 0 Å². The van der Waals surface area contributed by atoms with Gasteiger partial charge in [0.1, 0.15) is 6.04 Å². The summed E-state index contributed by atoms with van der Waals surface area (Å²) in [5.74, 6) is 1.60. The molecule has 5 heteroatoms. The Morgan fingerprint density at radius 1 is 0.865 bits per heavy atom. The topological polar surface area (TPSA) is 49.4 Å². The van der Waals surface area contributed by atoms with Crippen LogP contribution in [0, 0.1) is 6.92 Å². The Morgan fingerprint density at radius 2 is 1.49 bits per heavy atom. The second kappa shape index (κ2) is 14.0. The van der Waals surface area contributed by atoms with E-state index in [1.54, 1.807) is 11.8 Å². The molecule has 1 atom stereocenters. The van der Waals surface area contributed by atoms with Crippen molar-refractivity contribution in [1.82, 2.24) is 10.2 Å². The largest absolute Gasteiger partial charge is 0.352 e. The molecule has 1 fully saturated rings. The van der Waals surface area contributed by atoms with Crippen molar-refractivity contribution >= 4 is 23.6 Å². The van der Waals surface area contributed by atoms with Gasteiger partial charge in [-0.3, -0.25) is 9.59 Å². The van der Waals surface area contributed by atoms with Gasteiger partial charge in [0.05, 0.1) is 0 Å². The molecular weight excluding hydrogens is 476 g/mol. The summed E-state index contributed by atoms with van der Waals surface area (Å²) in [6.45, 7) is 2.49. The number of carbonyl (C=O) groups excluding carboxylic acids is 2. The smallest absolute Gasteiger partial charge is 0.243 e. The van der Waals surface area contributed by atoms with Gasteiger partial charge in [0, 0.05) is 36.9 Å². The lowest BCUT2D eigenvalue weighted by atomic mass is 10.0. The van der Waals surface area contributed by atoms with Crippen molar-refractivity contribution in [3.8, 4) is 0 Å². The molecule has 3 aromatic carbocycles. The number of nitrogens with one attached hydrogen (secondary N) is 1. The first-order valence-electron chi connectivity index (χ1n) is 13.4. The van der Waals surface area contributed by atoms with Crippen LogP contribution >= 0.6 is 11.8 Å². The summed E-state index contributed by atoms with van der Waals surface area (Å²) in [6, 6.07) is 28.3. The average molecular weight is 515 g/mol. The fourth-order valence-electron chi connectivity index (χ4n) is 4.88. The Bertz CT molecular complexity index is 1110. The number of aryl methyl sites for hydroxylation is 1. The van der Waals surface area contributed by atoms with E-state index in [2.05, 4.69) is 48.6 Å². The van der Waals surface area contributed by atoms with Gasteiger partial charge in [-0.05, 0) is 36.5 Å². The van der Waals surface area contributed by atoms with Gasteiger partial charge in [0.2, 0.25) is 11.8 Å². The molecule has 37 heavy (non-hydrogen) atoms. The fraction of sp³-hybridized carbons (Fsp3) is 0.375. The molecule has 3 aromatic rings. The number of hydrogen-bond donors (Lipinski definition) is 1. The Balaban J connectivity index is 1.52. The number of rotatable bonds is 12.